The van der Waals surface area contributed by atoms with Gasteiger partial charge >= 0.3 is 0 Å². The summed E-state index contributed by atoms with van der Waals surface area (Å²) in [6.45, 7) is 4.78. The number of pyridine rings is 1. The Morgan fingerprint density at radius 2 is 1.83 bits per heavy atom. The highest BCUT2D eigenvalue weighted by Crippen LogP contribution is 2.30. The molecule has 3 rings (SSSR count). The van der Waals surface area contributed by atoms with Gasteiger partial charge in [0.2, 0.25) is 0 Å². The first-order valence-electron chi connectivity index (χ1n) is 7.72. The van der Waals surface area contributed by atoms with E-state index in [0.717, 1.165) is 38.3 Å². The van der Waals surface area contributed by atoms with Gasteiger partial charge in [0, 0.05) is 44.5 Å². The summed E-state index contributed by atoms with van der Waals surface area (Å²) >= 11 is 0. The first-order chi connectivity index (χ1) is 11.0. The quantitative estimate of drug-likeness (QED) is 0.904. The minimum absolute atomic E-state index is 0.270. The molecule has 0 radical (unpaired) electrons. The van der Waals surface area contributed by atoms with Gasteiger partial charge in [0.1, 0.15) is 5.82 Å². The van der Waals surface area contributed by atoms with Crippen LogP contribution in [0.4, 0.5) is 15.8 Å². The van der Waals surface area contributed by atoms with Crippen molar-refractivity contribution in [3.8, 4) is 11.1 Å². The minimum Gasteiger partial charge on any atom is -0.396 e. The zero-order valence-electron chi connectivity index (χ0n) is 13.3. The number of piperazine rings is 1. The number of anilines is 2. The van der Waals surface area contributed by atoms with Gasteiger partial charge in [0.05, 0.1) is 17.6 Å². The van der Waals surface area contributed by atoms with E-state index in [1.54, 1.807) is 12.3 Å². The maximum atomic E-state index is 14.0. The van der Waals surface area contributed by atoms with Crippen LogP contribution in [0.5, 0.6) is 0 Å². The lowest BCUT2D eigenvalue weighted by Gasteiger charge is -2.32. The predicted octanol–water partition coefficient (Wildman–Crippen LogP) is 1.80. The number of nitrogens with two attached hydrogens (primary N) is 2. The smallest absolute Gasteiger partial charge is 0.124 e. The lowest BCUT2D eigenvalue weighted by molar-refractivity contribution is 0.148. The SMILES string of the molecule is CN1CCN(Cc2cc(F)cc(-c3cncc(N)c3N)c2)CC1. The van der Waals surface area contributed by atoms with Crippen LogP contribution in [-0.4, -0.2) is 48.0 Å². The summed E-state index contributed by atoms with van der Waals surface area (Å²) in [5, 5.41) is 0. The van der Waals surface area contributed by atoms with E-state index in [2.05, 4.69) is 21.8 Å². The van der Waals surface area contributed by atoms with Crippen LogP contribution in [-0.2, 0) is 6.54 Å². The topological polar surface area (TPSA) is 71.4 Å². The Hall–Kier alpha value is -2.18. The van der Waals surface area contributed by atoms with Crippen molar-refractivity contribution in [1.29, 1.82) is 0 Å². The van der Waals surface area contributed by atoms with Gasteiger partial charge in [-0.25, -0.2) is 4.39 Å². The van der Waals surface area contributed by atoms with Crippen LogP contribution < -0.4 is 11.5 Å². The van der Waals surface area contributed by atoms with Gasteiger partial charge in [-0.05, 0) is 36.4 Å². The Labute approximate surface area is 135 Å². The number of aromatic nitrogens is 1. The number of nitrogens with zero attached hydrogens (tertiary/aromatic N) is 3. The van der Waals surface area contributed by atoms with E-state index < -0.39 is 0 Å². The molecule has 1 aliphatic rings. The van der Waals surface area contributed by atoms with Gasteiger partial charge in [-0.1, -0.05) is 0 Å². The fraction of sp³-hybridized carbons (Fsp3) is 0.353. The summed E-state index contributed by atoms with van der Waals surface area (Å²) in [5.41, 5.74) is 15.0. The van der Waals surface area contributed by atoms with Crippen molar-refractivity contribution in [2.45, 2.75) is 6.54 Å². The van der Waals surface area contributed by atoms with Gasteiger partial charge in [-0.2, -0.15) is 0 Å². The first kappa shape index (κ1) is 15.7. The number of likely N-dealkylation sites (N-methyl/N-ethyl adjacent to an activating group) is 1. The molecule has 1 saturated heterocycles. The van der Waals surface area contributed by atoms with Crippen molar-refractivity contribution >= 4 is 11.4 Å². The second-order valence-electron chi connectivity index (χ2n) is 6.12. The first-order valence-corrected chi connectivity index (χ1v) is 7.72. The zero-order chi connectivity index (χ0) is 16.4. The molecule has 0 aliphatic carbocycles. The molecule has 0 bridgehead atoms. The lowest BCUT2D eigenvalue weighted by atomic mass is 10.0. The Balaban J connectivity index is 1.86. The van der Waals surface area contributed by atoms with Gasteiger partial charge in [0.25, 0.3) is 0 Å². The van der Waals surface area contributed by atoms with Crippen molar-refractivity contribution in [3.63, 3.8) is 0 Å². The number of rotatable bonds is 3. The molecule has 5 nitrogen and oxygen atoms in total. The molecular weight excluding hydrogens is 293 g/mol. The summed E-state index contributed by atoms with van der Waals surface area (Å²) in [6.07, 6.45) is 3.13. The van der Waals surface area contributed by atoms with Crippen molar-refractivity contribution in [2.75, 3.05) is 44.7 Å². The number of hydrogen-bond donors (Lipinski definition) is 2. The minimum atomic E-state index is -0.270. The summed E-state index contributed by atoms with van der Waals surface area (Å²) in [5.74, 6) is -0.270. The molecule has 0 unspecified atom stereocenters. The fourth-order valence-corrected chi connectivity index (χ4v) is 2.88. The van der Waals surface area contributed by atoms with Crippen LogP contribution in [0, 0.1) is 5.82 Å². The Kier molecular flexibility index (Phi) is 4.45. The largest absolute Gasteiger partial charge is 0.396 e. The highest BCUT2D eigenvalue weighted by atomic mass is 19.1. The van der Waals surface area contributed by atoms with Crippen molar-refractivity contribution in [3.05, 3.63) is 42.0 Å². The van der Waals surface area contributed by atoms with Crippen LogP contribution >= 0.6 is 0 Å². The molecule has 0 amide bonds. The van der Waals surface area contributed by atoms with E-state index in [4.69, 9.17) is 11.5 Å². The second-order valence-corrected chi connectivity index (χ2v) is 6.12. The third-order valence-electron chi connectivity index (χ3n) is 4.29. The molecule has 23 heavy (non-hydrogen) atoms. The second kappa shape index (κ2) is 6.52. The monoisotopic (exact) mass is 315 g/mol. The number of nitrogen functional groups attached to an aromatic ring is 2. The van der Waals surface area contributed by atoms with E-state index >= 15 is 0 Å². The molecular formula is C17H22FN5. The molecule has 2 heterocycles. The van der Waals surface area contributed by atoms with E-state index in [1.807, 2.05) is 6.07 Å². The third kappa shape index (κ3) is 3.60. The molecule has 1 fully saturated rings. The van der Waals surface area contributed by atoms with E-state index in [0.29, 0.717) is 22.5 Å². The Morgan fingerprint density at radius 1 is 1.09 bits per heavy atom. The lowest BCUT2D eigenvalue weighted by Crippen LogP contribution is -2.43. The highest BCUT2D eigenvalue weighted by Gasteiger charge is 2.15. The number of benzene rings is 1. The van der Waals surface area contributed by atoms with Crippen LogP contribution in [0.2, 0.25) is 0 Å². The van der Waals surface area contributed by atoms with Gasteiger partial charge in [0.15, 0.2) is 0 Å². The van der Waals surface area contributed by atoms with Crippen molar-refractivity contribution < 1.29 is 4.39 Å². The van der Waals surface area contributed by atoms with Gasteiger partial charge < -0.3 is 16.4 Å². The summed E-state index contributed by atoms with van der Waals surface area (Å²) in [6, 6.07) is 5.02. The zero-order valence-corrected chi connectivity index (χ0v) is 13.3. The summed E-state index contributed by atoms with van der Waals surface area (Å²) < 4.78 is 14.0. The van der Waals surface area contributed by atoms with Gasteiger partial charge in [-0.15, -0.1) is 0 Å². The van der Waals surface area contributed by atoms with E-state index in [9.17, 15) is 4.39 Å². The molecule has 0 atom stereocenters. The van der Waals surface area contributed by atoms with Crippen LogP contribution in [0.3, 0.4) is 0 Å². The predicted molar refractivity (Wildman–Crippen MR) is 91.2 cm³/mol. The number of hydrogen-bond acceptors (Lipinski definition) is 5. The Bertz CT molecular complexity index is 695. The molecule has 122 valence electrons. The molecule has 1 aliphatic heterocycles. The van der Waals surface area contributed by atoms with E-state index in [-0.39, 0.29) is 5.82 Å². The van der Waals surface area contributed by atoms with Crippen LogP contribution in [0.25, 0.3) is 11.1 Å². The summed E-state index contributed by atoms with van der Waals surface area (Å²) in [4.78, 5) is 8.69. The molecule has 1 aromatic heterocycles. The van der Waals surface area contributed by atoms with E-state index in [1.165, 1.54) is 12.3 Å². The Morgan fingerprint density at radius 3 is 2.57 bits per heavy atom. The fourth-order valence-electron chi connectivity index (χ4n) is 2.88. The molecule has 0 spiro atoms. The summed E-state index contributed by atoms with van der Waals surface area (Å²) in [7, 11) is 2.12. The molecule has 0 saturated carbocycles. The maximum Gasteiger partial charge on any atom is 0.124 e. The average molecular weight is 315 g/mol. The third-order valence-corrected chi connectivity index (χ3v) is 4.29. The standard InChI is InChI=1S/C17H22FN5/c1-22-2-4-23(5-3-22)11-12-6-13(8-14(18)7-12)15-9-21-10-16(19)17(15)20/h6-10H,2-5,11,19H2,1H3,(H2,20,21). The maximum absolute atomic E-state index is 14.0. The highest BCUT2D eigenvalue weighted by molar-refractivity contribution is 5.83. The number of halogens is 1. The molecule has 2 aromatic rings. The molecule has 1 aromatic carbocycles. The van der Waals surface area contributed by atoms with Gasteiger partial charge in [-0.3, -0.25) is 9.88 Å². The van der Waals surface area contributed by atoms with Crippen molar-refractivity contribution in [2.24, 2.45) is 0 Å². The normalized spacial score (nSPS) is 16.6. The van der Waals surface area contributed by atoms with Crippen LogP contribution in [0.1, 0.15) is 5.56 Å². The molecule has 6 heteroatoms. The average Bonchev–Trinajstić information content (AvgIpc) is 2.52. The molecule has 4 N–H and O–H groups in total. The van der Waals surface area contributed by atoms with Crippen LogP contribution in [0.15, 0.2) is 30.6 Å². The van der Waals surface area contributed by atoms with Crippen molar-refractivity contribution in [1.82, 2.24) is 14.8 Å².